The Bertz CT molecular complexity index is 199. The van der Waals surface area contributed by atoms with Crippen LogP contribution in [0, 0.1) is 11.8 Å². The van der Waals surface area contributed by atoms with Gasteiger partial charge >= 0.3 is 0 Å². The highest BCUT2D eigenvalue weighted by Crippen LogP contribution is 2.31. The molecule has 3 heteroatoms. The van der Waals surface area contributed by atoms with E-state index in [0.29, 0.717) is 31.3 Å². The first-order chi connectivity index (χ1) is 8.19. The summed E-state index contributed by atoms with van der Waals surface area (Å²) in [7, 11) is 1.72. The molecule has 102 valence electrons. The maximum Gasteiger partial charge on any atom is 0.0754 e. The van der Waals surface area contributed by atoms with E-state index >= 15 is 0 Å². The Hall–Kier alpha value is -0.120. The SMILES string of the molecule is CCCNC1CC(C)CC(C)C1OCCOC. The van der Waals surface area contributed by atoms with Crippen LogP contribution in [0.1, 0.15) is 40.0 Å². The van der Waals surface area contributed by atoms with Crippen molar-refractivity contribution >= 4 is 0 Å². The predicted octanol–water partition coefficient (Wildman–Crippen LogP) is 2.45. The lowest BCUT2D eigenvalue weighted by Gasteiger charge is -2.40. The van der Waals surface area contributed by atoms with Crippen molar-refractivity contribution < 1.29 is 9.47 Å². The summed E-state index contributed by atoms with van der Waals surface area (Å²) in [6.07, 6.45) is 4.06. The maximum absolute atomic E-state index is 6.01. The number of nitrogens with one attached hydrogen (secondary N) is 1. The van der Waals surface area contributed by atoms with Crippen molar-refractivity contribution in [3.05, 3.63) is 0 Å². The summed E-state index contributed by atoms with van der Waals surface area (Å²) in [6.45, 7) is 9.37. The van der Waals surface area contributed by atoms with E-state index < -0.39 is 0 Å². The van der Waals surface area contributed by atoms with E-state index in [0.717, 1.165) is 12.5 Å². The van der Waals surface area contributed by atoms with Gasteiger partial charge in [-0.15, -0.1) is 0 Å². The summed E-state index contributed by atoms with van der Waals surface area (Å²) >= 11 is 0. The lowest BCUT2D eigenvalue weighted by molar-refractivity contribution is -0.0529. The fraction of sp³-hybridized carbons (Fsp3) is 1.00. The molecule has 0 saturated heterocycles. The molecule has 0 amide bonds. The smallest absolute Gasteiger partial charge is 0.0754 e. The fourth-order valence-electron chi connectivity index (χ4n) is 2.91. The van der Waals surface area contributed by atoms with Gasteiger partial charge in [0.25, 0.3) is 0 Å². The summed E-state index contributed by atoms with van der Waals surface area (Å²) in [5.74, 6) is 1.45. The minimum absolute atomic E-state index is 0.355. The average Bonchev–Trinajstić information content (AvgIpc) is 2.29. The van der Waals surface area contributed by atoms with Gasteiger partial charge in [0, 0.05) is 13.2 Å². The van der Waals surface area contributed by atoms with E-state index in [4.69, 9.17) is 9.47 Å². The van der Waals surface area contributed by atoms with Gasteiger partial charge in [-0.25, -0.2) is 0 Å². The molecule has 0 radical (unpaired) electrons. The molecule has 4 atom stereocenters. The zero-order valence-corrected chi connectivity index (χ0v) is 11.9. The van der Waals surface area contributed by atoms with Gasteiger partial charge in [-0.3, -0.25) is 0 Å². The van der Waals surface area contributed by atoms with Gasteiger partial charge in [0.2, 0.25) is 0 Å². The van der Waals surface area contributed by atoms with Crippen molar-refractivity contribution in [2.45, 2.75) is 52.2 Å². The minimum atomic E-state index is 0.355. The molecule has 1 fully saturated rings. The quantitative estimate of drug-likeness (QED) is 0.697. The summed E-state index contributed by atoms with van der Waals surface area (Å²) < 4.78 is 11.1. The molecule has 1 N–H and O–H groups in total. The van der Waals surface area contributed by atoms with E-state index in [1.807, 2.05) is 0 Å². The normalized spacial score (nSPS) is 33.9. The molecule has 17 heavy (non-hydrogen) atoms. The van der Waals surface area contributed by atoms with Crippen LogP contribution in [0.3, 0.4) is 0 Å². The molecule has 0 aromatic heterocycles. The second-order valence-corrected chi connectivity index (χ2v) is 5.44. The monoisotopic (exact) mass is 243 g/mol. The Labute approximate surface area is 106 Å². The second kappa shape index (κ2) is 8.06. The highest BCUT2D eigenvalue weighted by atomic mass is 16.5. The molecule has 0 aromatic rings. The number of hydrogen-bond acceptors (Lipinski definition) is 3. The lowest BCUT2D eigenvalue weighted by atomic mass is 9.78. The van der Waals surface area contributed by atoms with Crippen molar-refractivity contribution in [3.8, 4) is 0 Å². The van der Waals surface area contributed by atoms with Crippen molar-refractivity contribution in [2.24, 2.45) is 11.8 Å². The molecular weight excluding hydrogens is 214 g/mol. The number of ether oxygens (including phenoxy) is 2. The molecule has 0 spiro atoms. The van der Waals surface area contributed by atoms with Crippen molar-refractivity contribution in [2.75, 3.05) is 26.9 Å². The summed E-state index contributed by atoms with van der Waals surface area (Å²) in [5, 5.41) is 3.64. The van der Waals surface area contributed by atoms with Crippen LogP contribution >= 0.6 is 0 Å². The highest BCUT2D eigenvalue weighted by molar-refractivity contribution is 4.88. The van der Waals surface area contributed by atoms with Crippen LogP contribution < -0.4 is 5.32 Å². The van der Waals surface area contributed by atoms with Gasteiger partial charge < -0.3 is 14.8 Å². The van der Waals surface area contributed by atoms with E-state index in [2.05, 4.69) is 26.1 Å². The largest absolute Gasteiger partial charge is 0.382 e. The molecule has 4 unspecified atom stereocenters. The molecule has 0 heterocycles. The van der Waals surface area contributed by atoms with E-state index in [1.54, 1.807) is 7.11 Å². The molecule has 1 aliphatic carbocycles. The second-order valence-electron chi connectivity index (χ2n) is 5.44. The molecular formula is C14H29NO2. The van der Waals surface area contributed by atoms with Gasteiger partial charge in [0.1, 0.15) is 0 Å². The zero-order valence-electron chi connectivity index (χ0n) is 11.9. The Kier molecular flexibility index (Phi) is 7.09. The highest BCUT2D eigenvalue weighted by Gasteiger charge is 2.34. The Balaban J connectivity index is 2.46. The molecule has 1 aliphatic rings. The molecule has 3 nitrogen and oxygen atoms in total. The lowest BCUT2D eigenvalue weighted by Crippen LogP contribution is -2.49. The summed E-state index contributed by atoms with van der Waals surface area (Å²) in [4.78, 5) is 0. The van der Waals surface area contributed by atoms with Crippen LogP contribution in [0.5, 0.6) is 0 Å². The first-order valence-corrected chi connectivity index (χ1v) is 7.02. The zero-order chi connectivity index (χ0) is 12.7. The average molecular weight is 243 g/mol. The third kappa shape index (κ3) is 4.94. The molecule has 0 aromatic carbocycles. The Morgan fingerprint density at radius 3 is 2.59 bits per heavy atom. The molecule has 0 aliphatic heterocycles. The van der Waals surface area contributed by atoms with Gasteiger partial charge in [-0.2, -0.15) is 0 Å². The third-order valence-electron chi connectivity index (χ3n) is 3.64. The first-order valence-electron chi connectivity index (χ1n) is 7.02. The van der Waals surface area contributed by atoms with Crippen molar-refractivity contribution in [3.63, 3.8) is 0 Å². The fourth-order valence-corrected chi connectivity index (χ4v) is 2.91. The topological polar surface area (TPSA) is 30.5 Å². The Morgan fingerprint density at radius 2 is 1.94 bits per heavy atom. The molecule has 1 saturated carbocycles. The summed E-state index contributed by atoms with van der Waals surface area (Å²) in [6, 6.07) is 0.519. The van der Waals surface area contributed by atoms with Crippen molar-refractivity contribution in [1.82, 2.24) is 5.32 Å². The van der Waals surface area contributed by atoms with E-state index in [9.17, 15) is 0 Å². The predicted molar refractivity (Wildman–Crippen MR) is 71.3 cm³/mol. The third-order valence-corrected chi connectivity index (χ3v) is 3.64. The molecule has 0 bridgehead atoms. The van der Waals surface area contributed by atoms with Crippen LogP contribution in [0.2, 0.25) is 0 Å². The van der Waals surface area contributed by atoms with E-state index in [1.165, 1.54) is 19.3 Å². The summed E-state index contributed by atoms with van der Waals surface area (Å²) in [5.41, 5.74) is 0. The van der Waals surface area contributed by atoms with Gasteiger partial charge in [0.15, 0.2) is 0 Å². The first kappa shape index (κ1) is 14.9. The van der Waals surface area contributed by atoms with Gasteiger partial charge in [0.05, 0.1) is 19.3 Å². The Morgan fingerprint density at radius 1 is 1.18 bits per heavy atom. The van der Waals surface area contributed by atoms with Crippen LogP contribution in [-0.4, -0.2) is 39.0 Å². The molecule has 1 rings (SSSR count). The van der Waals surface area contributed by atoms with Gasteiger partial charge in [-0.1, -0.05) is 20.8 Å². The van der Waals surface area contributed by atoms with Crippen LogP contribution in [0.25, 0.3) is 0 Å². The van der Waals surface area contributed by atoms with Crippen LogP contribution in [0.15, 0.2) is 0 Å². The minimum Gasteiger partial charge on any atom is -0.382 e. The number of hydrogen-bond donors (Lipinski definition) is 1. The van der Waals surface area contributed by atoms with Crippen molar-refractivity contribution in [1.29, 1.82) is 0 Å². The van der Waals surface area contributed by atoms with Crippen LogP contribution in [0.4, 0.5) is 0 Å². The standard InChI is InChI=1S/C14H29NO2/c1-5-6-15-13-10-11(2)9-12(3)14(13)17-8-7-16-4/h11-15H,5-10H2,1-4H3. The number of rotatable bonds is 7. The maximum atomic E-state index is 6.01. The van der Waals surface area contributed by atoms with Crippen LogP contribution in [-0.2, 0) is 9.47 Å². The van der Waals surface area contributed by atoms with E-state index in [-0.39, 0.29) is 0 Å². The van der Waals surface area contributed by atoms with Gasteiger partial charge in [-0.05, 0) is 37.6 Å². The number of methoxy groups -OCH3 is 1.